The number of nitrogens with one attached hydrogen (secondary N) is 1. The maximum Gasteiger partial charge on any atom is 0.335 e. The molecule has 16 heteroatoms. The number of likely N-dealkylation sites (N-methyl/N-ethyl adjacent to an activating group) is 1. The summed E-state index contributed by atoms with van der Waals surface area (Å²) < 4.78 is 0.656. The summed E-state index contributed by atoms with van der Waals surface area (Å²) in [6.45, 7) is 2.42. The van der Waals surface area contributed by atoms with Gasteiger partial charge in [0.2, 0.25) is 0 Å². The van der Waals surface area contributed by atoms with E-state index in [4.69, 9.17) is 40.5 Å². The molecule has 0 aromatic carbocycles. The summed E-state index contributed by atoms with van der Waals surface area (Å²) in [6, 6.07) is -2.24. The van der Waals surface area contributed by atoms with Gasteiger partial charge >= 0.3 is 12.1 Å². The number of carbonyl (C=O) groups excluding carboxylic acids is 3. The van der Waals surface area contributed by atoms with Gasteiger partial charge in [-0.15, -0.1) is 0 Å². The first-order chi connectivity index (χ1) is 13.9. The van der Waals surface area contributed by atoms with Crippen LogP contribution >= 0.6 is 11.6 Å². The highest BCUT2D eigenvalue weighted by atomic mass is 79.9. The predicted molar refractivity (Wildman–Crippen MR) is 112 cm³/mol. The number of primary amides is 2. The molecule has 14 nitrogen and oxygen atoms in total. The Balaban J connectivity index is 0.00000900. The standard InChI is InChI=1S/C15H28ClN11O3.BrH/c1-27(2,7-4-3-5-17)8-6-22-13(28)9-11(25(20)14(18)29)24-12(10(16)23-9)26(21)15(19)30;/h3-8,17,20-21H2,1-2H3,(H4-,18,19,22,28,29,30);1H. The maximum atomic E-state index is 12.6. The number of quaternary nitrogens is 1. The SMILES string of the molecule is C[N+](C)(CCCCN)CCNC(=O)c1nc(Cl)c(N(N)C(N)=O)nc1N(N)C(N)=O.[Br-]. The van der Waals surface area contributed by atoms with Crippen LogP contribution in [-0.4, -0.2) is 72.7 Å². The number of amides is 5. The molecule has 0 unspecified atom stereocenters. The van der Waals surface area contributed by atoms with Crippen LogP contribution in [0, 0.1) is 0 Å². The summed E-state index contributed by atoms with van der Waals surface area (Å²) in [7, 11) is 4.04. The van der Waals surface area contributed by atoms with E-state index in [1.807, 2.05) is 14.1 Å². The monoisotopic (exact) mass is 525 g/mol. The summed E-state index contributed by atoms with van der Waals surface area (Å²) in [6.07, 6.45) is 1.88. The first kappa shape index (κ1) is 28.7. The second-order valence-electron chi connectivity index (χ2n) is 7.06. The van der Waals surface area contributed by atoms with E-state index in [0.29, 0.717) is 34.1 Å². The van der Waals surface area contributed by atoms with Crippen LogP contribution in [0.25, 0.3) is 0 Å². The number of anilines is 2. The average Bonchev–Trinajstić information content (AvgIpc) is 2.66. The van der Waals surface area contributed by atoms with Crippen LogP contribution in [0.5, 0.6) is 0 Å². The summed E-state index contributed by atoms with van der Waals surface area (Å²) in [5.41, 5.74) is 15.4. The average molecular weight is 527 g/mol. The van der Waals surface area contributed by atoms with Crippen molar-refractivity contribution in [3.63, 3.8) is 0 Å². The number of nitrogens with two attached hydrogens (primary N) is 5. The van der Waals surface area contributed by atoms with Crippen LogP contribution < -0.4 is 61.2 Å². The number of rotatable bonds is 10. The highest BCUT2D eigenvalue weighted by Gasteiger charge is 2.27. The normalized spacial score (nSPS) is 10.8. The van der Waals surface area contributed by atoms with Crippen molar-refractivity contribution in [2.75, 3.05) is 50.3 Å². The Bertz CT molecular complexity index is 796. The molecule has 1 aromatic rings. The van der Waals surface area contributed by atoms with Crippen molar-refractivity contribution in [1.29, 1.82) is 0 Å². The van der Waals surface area contributed by atoms with Gasteiger partial charge in [0.1, 0.15) is 0 Å². The van der Waals surface area contributed by atoms with E-state index in [1.165, 1.54) is 0 Å². The molecular formula is C15H29BrClN11O3. The molecule has 0 radical (unpaired) electrons. The van der Waals surface area contributed by atoms with E-state index in [-0.39, 0.29) is 22.7 Å². The van der Waals surface area contributed by atoms with Crippen LogP contribution in [0.2, 0.25) is 5.15 Å². The molecule has 0 bridgehead atoms. The quantitative estimate of drug-likeness (QED) is 0.0568. The lowest BCUT2D eigenvalue weighted by molar-refractivity contribution is -0.889. The molecule has 1 rings (SSSR count). The van der Waals surface area contributed by atoms with Gasteiger partial charge in [-0.05, 0) is 19.4 Å². The fourth-order valence-electron chi connectivity index (χ4n) is 2.43. The zero-order chi connectivity index (χ0) is 23.1. The van der Waals surface area contributed by atoms with Crippen molar-refractivity contribution in [3.8, 4) is 0 Å². The summed E-state index contributed by atoms with van der Waals surface area (Å²) in [5.74, 6) is 9.49. The van der Waals surface area contributed by atoms with Crippen molar-refractivity contribution < 1.29 is 35.8 Å². The Labute approximate surface area is 195 Å². The smallest absolute Gasteiger partial charge is 0.335 e. The molecule has 0 aliphatic rings. The Morgan fingerprint density at radius 3 is 2.06 bits per heavy atom. The van der Waals surface area contributed by atoms with E-state index in [1.54, 1.807) is 0 Å². The lowest BCUT2D eigenvalue weighted by atomic mass is 10.2. The molecular weight excluding hydrogens is 498 g/mol. The molecule has 0 aliphatic carbocycles. The van der Waals surface area contributed by atoms with E-state index < -0.39 is 34.8 Å². The molecule has 1 aromatic heterocycles. The summed E-state index contributed by atoms with van der Waals surface area (Å²) in [5, 5.41) is 3.03. The number of halogens is 2. The molecule has 0 atom stereocenters. The molecule has 0 aliphatic heterocycles. The minimum atomic E-state index is -1.13. The molecule has 1 heterocycles. The zero-order valence-corrected chi connectivity index (χ0v) is 19.7. The third kappa shape index (κ3) is 8.39. The predicted octanol–water partition coefficient (Wildman–Crippen LogP) is -4.80. The van der Waals surface area contributed by atoms with E-state index >= 15 is 0 Å². The number of nitrogens with zero attached hydrogens (tertiary/aromatic N) is 5. The van der Waals surface area contributed by atoms with Gasteiger partial charge in [-0.1, -0.05) is 11.6 Å². The second kappa shape index (κ2) is 12.5. The Morgan fingerprint density at radius 1 is 1.00 bits per heavy atom. The van der Waals surface area contributed by atoms with Crippen molar-refractivity contribution in [1.82, 2.24) is 15.3 Å². The van der Waals surface area contributed by atoms with Gasteiger partial charge in [-0.25, -0.2) is 41.3 Å². The van der Waals surface area contributed by atoms with Gasteiger partial charge in [0, 0.05) is 0 Å². The topological polar surface area (TPSA) is 226 Å². The van der Waals surface area contributed by atoms with Crippen LogP contribution in [0.4, 0.5) is 21.2 Å². The minimum absolute atomic E-state index is 0. The van der Waals surface area contributed by atoms with Gasteiger partial charge in [0.15, 0.2) is 22.5 Å². The first-order valence-electron chi connectivity index (χ1n) is 8.97. The van der Waals surface area contributed by atoms with E-state index in [9.17, 15) is 14.4 Å². The number of unbranched alkanes of at least 4 members (excludes halogenated alkanes) is 1. The Hall–Kier alpha value is -2.30. The number of carbonyl (C=O) groups is 3. The van der Waals surface area contributed by atoms with Gasteiger partial charge < -0.3 is 44.0 Å². The highest BCUT2D eigenvalue weighted by Crippen LogP contribution is 2.25. The highest BCUT2D eigenvalue weighted by molar-refractivity contribution is 6.32. The summed E-state index contributed by atoms with van der Waals surface area (Å²) in [4.78, 5) is 43.2. The van der Waals surface area contributed by atoms with Gasteiger partial charge in [-0.2, -0.15) is 0 Å². The first-order valence-corrected chi connectivity index (χ1v) is 9.35. The summed E-state index contributed by atoms with van der Waals surface area (Å²) >= 11 is 5.97. The van der Waals surface area contributed by atoms with Gasteiger partial charge in [0.05, 0.1) is 33.7 Å². The molecule has 176 valence electrons. The molecule has 0 fully saturated rings. The van der Waals surface area contributed by atoms with Crippen molar-refractivity contribution >= 4 is 41.2 Å². The molecule has 0 saturated carbocycles. The Kier molecular flexibility index (Phi) is 11.6. The van der Waals surface area contributed by atoms with E-state index in [0.717, 1.165) is 19.4 Å². The second-order valence-corrected chi connectivity index (χ2v) is 7.42. The molecule has 31 heavy (non-hydrogen) atoms. The van der Waals surface area contributed by atoms with Crippen LogP contribution in [0.15, 0.2) is 0 Å². The third-order valence-electron chi connectivity index (χ3n) is 4.18. The number of aromatic nitrogens is 2. The minimum Gasteiger partial charge on any atom is -1.00 e. The maximum absolute atomic E-state index is 12.6. The Morgan fingerprint density at radius 2 is 1.55 bits per heavy atom. The largest absolute Gasteiger partial charge is 1.00 e. The number of urea groups is 2. The number of hydrogen-bond acceptors (Lipinski definition) is 8. The van der Waals surface area contributed by atoms with Crippen LogP contribution in [-0.2, 0) is 0 Å². The molecule has 0 saturated heterocycles. The van der Waals surface area contributed by atoms with Crippen LogP contribution in [0.1, 0.15) is 23.3 Å². The van der Waals surface area contributed by atoms with Crippen molar-refractivity contribution in [3.05, 3.63) is 10.8 Å². The molecule has 0 spiro atoms. The lowest BCUT2D eigenvalue weighted by Crippen LogP contribution is -3.00. The zero-order valence-electron chi connectivity index (χ0n) is 17.3. The van der Waals surface area contributed by atoms with Crippen molar-refractivity contribution in [2.24, 2.45) is 28.9 Å². The van der Waals surface area contributed by atoms with Gasteiger partial charge in [0.25, 0.3) is 5.91 Å². The lowest BCUT2D eigenvalue weighted by Gasteiger charge is -2.30. The fraction of sp³-hybridized carbons (Fsp3) is 0.533. The number of hydrazine groups is 2. The van der Waals surface area contributed by atoms with Gasteiger partial charge in [-0.3, -0.25) is 4.79 Å². The molecule has 5 amide bonds. The third-order valence-corrected chi connectivity index (χ3v) is 4.44. The van der Waals surface area contributed by atoms with Crippen molar-refractivity contribution in [2.45, 2.75) is 12.8 Å². The number of hydrogen-bond donors (Lipinski definition) is 6. The van der Waals surface area contributed by atoms with Crippen LogP contribution in [0.3, 0.4) is 0 Å². The fourth-order valence-corrected chi connectivity index (χ4v) is 2.65. The van der Waals surface area contributed by atoms with E-state index in [2.05, 4.69) is 15.3 Å². The molecule has 11 N–H and O–H groups in total.